The van der Waals surface area contributed by atoms with Crippen LogP contribution in [0.5, 0.6) is 0 Å². The molecule has 1 fully saturated rings. The van der Waals surface area contributed by atoms with Gasteiger partial charge < -0.3 is 5.73 Å². The molecule has 1 aliphatic rings. The van der Waals surface area contributed by atoms with Crippen molar-refractivity contribution in [3.63, 3.8) is 0 Å². The van der Waals surface area contributed by atoms with Gasteiger partial charge in [-0.3, -0.25) is 0 Å². The molecule has 0 saturated heterocycles. The van der Waals surface area contributed by atoms with E-state index in [1.165, 1.54) is 25.2 Å². The third-order valence-corrected chi connectivity index (χ3v) is 2.54. The van der Waals surface area contributed by atoms with E-state index in [1.54, 1.807) is 6.20 Å². The summed E-state index contributed by atoms with van der Waals surface area (Å²) in [6.45, 7) is 0. The number of nitrogens with zero attached hydrogens (tertiary/aromatic N) is 3. The van der Waals surface area contributed by atoms with E-state index in [-0.39, 0.29) is 0 Å². The van der Waals surface area contributed by atoms with Gasteiger partial charge in [-0.05, 0) is 12.8 Å². The predicted molar refractivity (Wildman–Crippen MR) is 50.4 cm³/mol. The average molecular weight is 193 g/mol. The van der Waals surface area contributed by atoms with Crippen LogP contribution in [-0.4, -0.2) is 21.0 Å². The SMILES string of the molecule is NC(=O)n1cc([C]2CCCCC2)nn1. The number of primary amides is 1. The number of carbonyl (C=O) groups excluding carboxylic acids is 1. The summed E-state index contributed by atoms with van der Waals surface area (Å²) < 4.78 is 1.08. The Labute approximate surface area is 82.3 Å². The van der Waals surface area contributed by atoms with Crippen LogP contribution in [0.15, 0.2) is 6.20 Å². The van der Waals surface area contributed by atoms with Gasteiger partial charge in [0.1, 0.15) is 0 Å². The van der Waals surface area contributed by atoms with Gasteiger partial charge in [-0.2, -0.15) is 4.68 Å². The summed E-state index contributed by atoms with van der Waals surface area (Å²) in [5, 5.41) is 7.60. The lowest BCUT2D eigenvalue weighted by molar-refractivity contribution is 0.247. The molecule has 1 aliphatic carbocycles. The topological polar surface area (TPSA) is 73.8 Å². The van der Waals surface area contributed by atoms with Gasteiger partial charge >= 0.3 is 6.03 Å². The van der Waals surface area contributed by atoms with Crippen LogP contribution in [0.4, 0.5) is 4.79 Å². The quantitative estimate of drug-likeness (QED) is 0.725. The van der Waals surface area contributed by atoms with Crippen molar-refractivity contribution in [3.05, 3.63) is 17.8 Å². The van der Waals surface area contributed by atoms with Gasteiger partial charge in [0, 0.05) is 5.92 Å². The second-order valence-electron chi connectivity index (χ2n) is 3.55. The molecule has 0 bridgehead atoms. The standard InChI is InChI=1S/C9H13N4O/c10-9(14)13-6-8(11-12-13)7-4-2-1-3-5-7/h6H,1-5H2,(H2,10,14). The van der Waals surface area contributed by atoms with Crippen molar-refractivity contribution in [1.29, 1.82) is 0 Å². The van der Waals surface area contributed by atoms with Crippen LogP contribution in [0, 0.1) is 5.92 Å². The maximum absolute atomic E-state index is 10.8. The first kappa shape index (κ1) is 9.18. The summed E-state index contributed by atoms with van der Waals surface area (Å²) in [5.41, 5.74) is 5.89. The average Bonchev–Trinajstić information content (AvgIpc) is 2.68. The highest BCUT2D eigenvalue weighted by molar-refractivity contribution is 5.73. The lowest BCUT2D eigenvalue weighted by Gasteiger charge is -2.17. The number of carbonyl (C=O) groups is 1. The van der Waals surface area contributed by atoms with E-state index in [4.69, 9.17) is 5.73 Å². The molecule has 0 spiro atoms. The molecule has 14 heavy (non-hydrogen) atoms. The normalized spacial score (nSPS) is 18.3. The molecule has 1 heterocycles. The van der Waals surface area contributed by atoms with E-state index in [9.17, 15) is 4.79 Å². The molecule has 2 N–H and O–H groups in total. The highest BCUT2D eigenvalue weighted by Gasteiger charge is 2.19. The highest BCUT2D eigenvalue weighted by Crippen LogP contribution is 2.29. The number of hydrogen-bond acceptors (Lipinski definition) is 3. The first-order valence-electron chi connectivity index (χ1n) is 4.84. The molecule has 1 amide bonds. The van der Waals surface area contributed by atoms with Crippen LogP contribution >= 0.6 is 0 Å². The molecule has 5 heteroatoms. The van der Waals surface area contributed by atoms with Crippen LogP contribution < -0.4 is 5.73 Å². The molecule has 0 unspecified atom stereocenters. The van der Waals surface area contributed by atoms with E-state index >= 15 is 0 Å². The van der Waals surface area contributed by atoms with Gasteiger partial charge in [-0.25, -0.2) is 4.79 Å². The first-order valence-corrected chi connectivity index (χ1v) is 4.84. The smallest absolute Gasteiger partial charge is 0.340 e. The minimum absolute atomic E-state index is 0.583. The number of aromatic nitrogens is 3. The Morgan fingerprint density at radius 3 is 2.64 bits per heavy atom. The van der Waals surface area contributed by atoms with Crippen LogP contribution in [-0.2, 0) is 0 Å². The Morgan fingerprint density at radius 1 is 1.36 bits per heavy atom. The van der Waals surface area contributed by atoms with Crippen LogP contribution in [0.3, 0.4) is 0 Å². The Morgan fingerprint density at radius 2 is 2.07 bits per heavy atom. The summed E-state index contributed by atoms with van der Waals surface area (Å²) in [5.74, 6) is 1.30. The number of amides is 1. The number of hydrogen-bond donors (Lipinski definition) is 1. The Hall–Kier alpha value is -1.39. The molecule has 0 aromatic carbocycles. The summed E-state index contributed by atoms with van der Waals surface area (Å²) in [6.07, 6.45) is 7.45. The predicted octanol–water partition coefficient (Wildman–Crippen LogP) is 1.09. The van der Waals surface area contributed by atoms with E-state index in [0.29, 0.717) is 0 Å². The number of rotatable bonds is 1. The van der Waals surface area contributed by atoms with Crippen molar-refractivity contribution in [2.75, 3.05) is 0 Å². The molecule has 0 aliphatic heterocycles. The summed E-state index contributed by atoms with van der Waals surface area (Å²) in [4.78, 5) is 10.8. The summed E-state index contributed by atoms with van der Waals surface area (Å²) >= 11 is 0. The fourth-order valence-electron chi connectivity index (χ4n) is 1.77. The second kappa shape index (κ2) is 3.77. The van der Waals surface area contributed by atoms with E-state index in [1.807, 2.05) is 0 Å². The molecule has 1 aromatic heterocycles. The highest BCUT2D eigenvalue weighted by atomic mass is 16.2. The Kier molecular flexibility index (Phi) is 2.47. The zero-order valence-electron chi connectivity index (χ0n) is 7.94. The van der Waals surface area contributed by atoms with Crippen LogP contribution in [0.2, 0.25) is 0 Å². The third kappa shape index (κ3) is 1.76. The van der Waals surface area contributed by atoms with Gasteiger partial charge in [0.25, 0.3) is 0 Å². The minimum Gasteiger partial charge on any atom is -0.350 e. The van der Waals surface area contributed by atoms with Gasteiger partial charge in [-0.1, -0.05) is 24.5 Å². The molecular formula is C9H13N4O. The summed E-state index contributed by atoms with van der Waals surface area (Å²) in [7, 11) is 0. The molecule has 1 saturated carbocycles. The zero-order chi connectivity index (χ0) is 9.97. The second-order valence-corrected chi connectivity index (χ2v) is 3.55. The van der Waals surface area contributed by atoms with Crippen molar-refractivity contribution >= 4 is 6.03 Å². The van der Waals surface area contributed by atoms with E-state index in [0.717, 1.165) is 23.2 Å². The van der Waals surface area contributed by atoms with Crippen molar-refractivity contribution in [3.8, 4) is 0 Å². The van der Waals surface area contributed by atoms with Gasteiger partial charge in [0.2, 0.25) is 0 Å². The lowest BCUT2D eigenvalue weighted by Crippen LogP contribution is -2.19. The van der Waals surface area contributed by atoms with Crippen molar-refractivity contribution < 1.29 is 4.79 Å². The monoisotopic (exact) mass is 193 g/mol. The van der Waals surface area contributed by atoms with Gasteiger partial charge in [0.05, 0.1) is 11.9 Å². The molecule has 5 nitrogen and oxygen atoms in total. The molecule has 1 aromatic rings. The largest absolute Gasteiger partial charge is 0.350 e. The van der Waals surface area contributed by atoms with Gasteiger partial charge in [0.15, 0.2) is 0 Å². The minimum atomic E-state index is -0.583. The van der Waals surface area contributed by atoms with E-state index in [2.05, 4.69) is 10.3 Å². The lowest BCUT2D eigenvalue weighted by atomic mass is 9.87. The van der Waals surface area contributed by atoms with Gasteiger partial charge in [-0.15, -0.1) is 5.10 Å². The van der Waals surface area contributed by atoms with Crippen LogP contribution in [0.1, 0.15) is 37.8 Å². The maximum Gasteiger partial charge on any atom is 0.340 e. The number of nitrogens with two attached hydrogens (primary N) is 1. The van der Waals surface area contributed by atoms with Crippen LogP contribution in [0.25, 0.3) is 0 Å². The molecular weight excluding hydrogens is 180 g/mol. The zero-order valence-corrected chi connectivity index (χ0v) is 7.94. The fourth-order valence-corrected chi connectivity index (χ4v) is 1.77. The van der Waals surface area contributed by atoms with Crippen molar-refractivity contribution in [2.24, 2.45) is 5.73 Å². The Bertz CT molecular complexity index is 327. The fraction of sp³-hybridized carbons (Fsp3) is 0.556. The summed E-state index contributed by atoms with van der Waals surface area (Å²) in [6, 6.07) is -0.583. The van der Waals surface area contributed by atoms with E-state index < -0.39 is 6.03 Å². The Balaban J connectivity index is 2.11. The third-order valence-electron chi connectivity index (χ3n) is 2.54. The first-order chi connectivity index (χ1) is 6.77. The van der Waals surface area contributed by atoms with Crippen molar-refractivity contribution in [1.82, 2.24) is 15.0 Å². The maximum atomic E-state index is 10.8. The molecule has 1 radical (unpaired) electrons. The molecule has 0 atom stereocenters. The van der Waals surface area contributed by atoms with Crippen molar-refractivity contribution in [2.45, 2.75) is 32.1 Å². The molecule has 2 rings (SSSR count). The molecule has 75 valence electrons.